The maximum Gasteiger partial charge on any atom is 0.281 e. The normalized spacial score (nSPS) is 11.1. The number of rotatable bonds is 4. The fraction of sp³-hybridized carbons (Fsp3) is 0.0833. The molecule has 2 aromatic rings. The molecule has 0 atom stereocenters. The Bertz CT molecular complexity index is 734. The zero-order valence-corrected chi connectivity index (χ0v) is 12.9. The minimum absolute atomic E-state index is 0.0824. The van der Waals surface area contributed by atoms with Crippen molar-refractivity contribution in [3.8, 4) is 5.75 Å². The van der Waals surface area contributed by atoms with Gasteiger partial charge in [0.15, 0.2) is 5.03 Å². The molecule has 1 aromatic carbocycles. The molecule has 1 aromatic heterocycles. The van der Waals surface area contributed by atoms with E-state index in [9.17, 15) is 8.42 Å². The van der Waals surface area contributed by atoms with Crippen molar-refractivity contribution in [3.05, 3.63) is 41.0 Å². The second kappa shape index (κ2) is 5.68. The molecule has 0 bridgehead atoms. The van der Waals surface area contributed by atoms with Crippen LogP contribution in [0.2, 0.25) is 0 Å². The van der Waals surface area contributed by atoms with Crippen LogP contribution in [0, 0.1) is 0 Å². The Morgan fingerprint density at radius 2 is 2.10 bits per heavy atom. The van der Waals surface area contributed by atoms with Crippen LogP contribution in [0.4, 0.5) is 11.4 Å². The van der Waals surface area contributed by atoms with Gasteiger partial charge in [-0.1, -0.05) is 0 Å². The highest BCUT2D eigenvalue weighted by Gasteiger charge is 2.20. The summed E-state index contributed by atoms with van der Waals surface area (Å²) in [6.45, 7) is 0. The van der Waals surface area contributed by atoms with Gasteiger partial charge in [0, 0.05) is 16.7 Å². The number of nitrogen functional groups attached to an aromatic ring is 1. The van der Waals surface area contributed by atoms with Crippen molar-refractivity contribution in [1.29, 1.82) is 0 Å². The number of ether oxygens (including phenoxy) is 1. The molecule has 8 heteroatoms. The number of sulfonamides is 1. The number of nitrogens with one attached hydrogen (secondary N) is 1. The fourth-order valence-electron chi connectivity index (χ4n) is 1.53. The summed E-state index contributed by atoms with van der Waals surface area (Å²) >= 11 is 3.27. The van der Waals surface area contributed by atoms with Crippen LogP contribution in [0.1, 0.15) is 0 Å². The summed E-state index contributed by atoms with van der Waals surface area (Å²) in [6.07, 6.45) is 1.37. The Morgan fingerprint density at radius 3 is 2.75 bits per heavy atom. The van der Waals surface area contributed by atoms with Gasteiger partial charge in [-0.2, -0.15) is 8.42 Å². The third-order valence-electron chi connectivity index (χ3n) is 2.47. The van der Waals surface area contributed by atoms with Crippen LogP contribution in [-0.4, -0.2) is 20.5 Å². The van der Waals surface area contributed by atoms with Gasteiger partial charge in [0.25, 0.3) is 10.0 Å². The molecule has 20 heavy (non-hydrogen) atoms. The summed E-state index contributed by atoms with van der Waals surface area (Å²) in [5.74, 6) is 0.528. The SMILES string of the molecule is COc1ccc(Br)c(NS(=O)(=O)c2ncccc2N)c1. The minimum Gasteiger partial charge on any atom is -0.497 e. The van der Waals surface area contributed by atoms with Crippen molar-refractivity contribution in [2.24, 2.45) is 0 Å². The highest BCUT2D eigenvalue weighted by Crippen LogP contribution is 2.29. The van der Waals surface area contributed by atoms with E-state index >= 15 is 0 Å². The summed E-state index contributed by atoms with van der Waals surface area (Å²) in [5.41, 5.74) is 6.06. The maximum atomic E-state index is 12.3. The lowest BCUT2D eigenvalue weighted by molar-refractivity contribution is 0.415. The topological polar surface area (TPSA) is 94.3 Å². The molecule has 3 N–H and O–H groups in total. The molecule has 0 saturated carbocycles. The minimum atomic E-state index is -3.86. The predicted octanol–water partition coefficient (Wildman–Crippen LogP) is 2.24. The predicted molar refractivity (Wildman–Crippen MR) is 80.2 cm³/mol. The average molecular weight is 358 g/mol. The molecule has 0 fully saturated rings. The molecule has 106 valence electrons. The standard InChI is InChI=1S/C12H12BrN3O3S/c1-19-8-4-5-9(13)11(7-8)16-20(17,18)12-10(14)3-2-6-15-12/h2-7,16H,14H2,1H3. The summed E-state index contributed by atoms with van der Waals surface area (Å²) in [6, 6.07) is 7.98. The number of nitrogens with two attached hydrogens (primary N) is 1. The lowest BCUT2D eigenvalue weighted by Gasteiger charge is -2.11. The maximum absolute atomic E-state index is 12.3. The van der Waals surface area contributed by atoms with E-state index in [1.165, 1.54) is 19.4 Å². The van der Waals surface area contributed by atoms with E-state index < -0.39 is 10.0 Å². The zero-order chi connectivity index (χ0) is 14.8. The summed E-state index contributed by atoms with van der Waals surface area (Å²) in [5, 5.41) is -0.213. The van der Waals surface area contributed by atoms with Gasteiger partial charge < -0.3 is 10.5 Å². The van der Waals surface area contributed by atoms with Crippen LogP contribution in [0.5, 0.6) is 5.75 Å². The van der Waals surface area contributed by atoms with Gasteiger partial charge in [0.05, 0.1) is 18.5 Å². The van der Waals surface area contributed by atoms with Gasteiger partial charge in [-0.3, -0.25) is 4.72 Å². The van der Waals surface area contributed by atoms with Crippen LogP contribution in [0.25, 0.3) is 0 Å². The van der Waals surface area contributed by atoms with Crippen LogP contribution in [0.3, 0.4) is 0 Å². The first kappa shape index (κ1) is 14.6. The van der Waals surface area contributed by atoms with E-state index in [0.717, 1.165) is 0 Å². The third kappa shape index (κ3) is 3.02. The van der Waals surface area contributed by atoms with Gasteiger partial charge in [-0.25, -0.2) is 4.98 Å². The monoisotopic (exact) mass is 357 g/mol. The number of pyridine rings is 1. The van der Waals surface area contributed by atoms with E-state index in [-0.39, 0.29) is 10.7 Å². The third-order valence-corrected chi connectivity index (χ3v) is 4.50. The molecule has 0 amide bonds. The molecule has 0 unspecified atom stereocenters. The van der Waals surface area contributed by atoms with E-state index in [1.807, 2.05) is 0 Å². The number of aromatic nitrogens is 1. The molecule has 0 saturated heterocycles. The van der Waals surface area contributed by atoms with Crippen LogP contribution in [-0.2, 0) is 10.0 Å². The molecule has 1 heterocycles. The number of hydrogen-bond acceptors (Lipinski definition) is 5. The van der Waals surface area contributed by atoms with Gasteiger partial charge in [0.2, 0.25) is 0 Å². The Kier molecular flexibility index (Phi) is 4.15. The second-order valence-electron chi connectivity index (χ2n) is 3.85. The van der Waals surface area contributed by atoms with Crippen molar-refractivity contribution in [2.75, 3.05) is 17.6 Å². The first-order valence-electron chi connectivity index (χ1n) is 5.51. The molecular formula is C12H12BrN3O3S. The summed E-state index contributed by atoms with van der Waals surface area (Å²) in [4.78, 5) is 3.80. The second-order valence-corrected chi connectivity index (χ2v) is 6.30. The quantitative estimate of drug-likeness (QED) is 0.874. The smallest absolute Gasteiger partial charge is 0.281 e. The Hall–Kier alpha value is -1.80. The number of anilines is 2. The highest BCUT2D eigenvalue weighted by atomic mass is 79.9. The van der Waals surface area contributed by atoms with Gasteiger partial charge in [-0.15, -0.1) is 0 Å². The van der Waals surface area contributed by atoms with E-state index in [2.05, 4.69) is 25.6 Å². The van der Waals surface area contributed by atoms with Crippen LogP contribution in [0.15, 0.2) is 46.0 Å². The van der Waals surface area contributed by atoms with Crippen molar-refractivity contribution < 1.29 is 13.2 Å². The van der Waals surface area contributed by atoms with Gasteiger partial charge in [-0.05, 0) is 40.2 Å². The van der Waals surface area contributed by atoms with Crippen molar-refractivity contribution in [2.45, 2.75) is 5.03 Å². The number of methoxy groups -OCH3 is 1. The average Bonchev–Trinajstić information content (AvgIpc) is 2.41. The van der Waals surface area contributed by atoms with Gasteiger partial charge >= 0.3 is 0 Å². The number of halogens is 1. The van der Waals surface area contributed by atoms with Crippen LogP contribution < -0.4 is 15.2 Å². The number of nitrogens with zero attached hydrogens (tertiary/aromatic N) is 1. The fourth-order valence-corrected chi connectivity index (χ4v) is 3.14. The van der Waals surface area contributed by atoms with Crippen LogP contribution >= 0.6 is 15.9 Å². The first-order valence-corrected chi connectivity index (χ1v) is 7.78. The largest absolute Gasteiger partial charge is 0.497 e. The number of benzene rings is 1. The van der Waals surface area contributed by atoms with Crippen molar-refractivity contribution >= 4 is 37.3 Å². The van der Waals surface area contributed by atoms with E-state index in [0.29, 0.717) is 15.9 Å². The first-order chi connectivity index (χ1) is 9.44. The molecule has 0 aliphatic rings. The Labute approximate surface area is 125 Å². The van der Waals surface area contributed by atoms with Crippen molar-refractivity contribution in [3.63, 3.8) is 0 Å². The van der Waals surface area contributed by atoms with Gasteiger partial charge in [0.1, 0.15) is 5.75 Å². The Balaban J connectivity index is 2.41. The molecule has 2 rings (SSSR count). The molecule has 0 spiro atoms. The lowest BCUT2D eigenvalue weighted by Crippen LogP contribution is -2.16. The van der Waals surface area contributed by atoms with E-state index in [1.54, 1.807) is 24.3 Å². The lowest BCUT2D eigenvalue weighted by atomic mass is 10.3. The molecule has 0 radical (unpaired) electrons. The Morgan fingerprint density at radius 1 is 1.35 bits per heavy atom. The molecule has 6 nitrogen and oxygen atoms in total. The van der Waals surface area contributed by atoms with Crippen molar-refractivity contribution in [1.82, 2.24) is 4.98 Å². The highest BCUT2D eigenvalue weighted by molar-refractivity contribution is 9.10. The molecule has 0 aliphatic carbocycles. The summed E-state index contributed by atoms with van der Waals surface area (Å²) in [7, 11) is -2.36. The zero-order valence-electron chi connectivity index (χ0n) is 10.5. The molecule has 0 aliphatic heterocycles. The number of hydrogen-bond donors (Lipinski definition) is 2. The molecular weight excluding hydrogens is 346 g/mol. The summed E-state index contributed by atoms with van der Waals surface area (Å²) < 4.78 is 32.6. The van der Waals surface area contributed by atoms with E-state index in [4.69, 9.17) is 10.5 Å².